The smallest absolute Gasteiger partial charge is 0.243 e. The molecule has 1 atom stereocenters. The van der Waals surface area contributed by atoms with Crippen LogP contribution in [0, 0.1) is 13.8 Å². The SMILES string of the molecule is CC(=O)N(C)Cc1ccc(N2CCC(N(C)C)C2)cc1Cl.CCCC(=O)CN(C)S(=O)(=O)c1c(C)cc(OC)cc1C. The quantitative estimate of drug-likeness (QED) is 0.357. The van der Waals surface area contributed by atoms with Crippen molar-refractivity contribution in [1.82, 2.24) is 14.1 Å². The Hall–Kier alpha value is -2.66. The molecular weight excluding hydrogens is 576 g/mol. The van der Waals surface area contributed by atoms with Gasteiger partial charge in [0.25, 0.3) is 0 Å². The lowest BCUT2D eigenvalue weighted by atomic mass is 10.1. The summed E-state index contributed by atoms with van der Waals surface area (Å²) in [5.41, 5.74) is 3.38. The largest absolute Gasteiger partial charge is 0.497 e. The van der Waals surface area contributed by atoms with Crippen molar-refractivity contribution in [2.45, 2.75) is 64.4 Å². The molecule has 9 nitrogen and oxygen atoms in total. The summed E-state index contributed by atoms with van der Waals surface area (Å²) in [7, 11) is 5.33. The van der Waals surface area contributed by atoms with Crippen molar-refractivity contribution >= 4 is 39.0 Å². The zero-order valence-electron chi connectivity index (χ0n) is 26.5. The molecule has 42 heavy (non-hydrogen) atoms. The third-order valence-corrected chi connectivity index (χ3v) is 9.97. The summed E-state index contributed by atoms with van der Waals surface area (Å²) in [6.45, 7) is 9.46. The zero-order valence-corrected chi connectivity index (χ0v) is 28.1. The number of likely N-dealkylation sites (N-methyl/N-ethyl adjacent to an activating group) is 2. The van der Waals surface area contributed by atoms with E-state index in [-0.39, 0.29) is 23.1 Å². The minimum atomic E-state index is -3.68. The van der Waals surface area contributed by atoms with Gasteiger partial charge in [0.2, 0.25) is 15.9 Å². The van der Waals surface area contributed by atoms with Crippen LogP contribution in [0.5, 0.6) is 5.75 Å². The van der Waals surface area contributed by atoms with Crippen molar-refractivity contribution in [3.63, 3.8) is 0 Å². The Balaban J connectivity index is 0.000000293. The molecule has 1 unspecified atom stereocenters. The minimum absolute atomic E-state index is 0.0449. The number of ether oxygens (including phenoxy) is 1. The third kappa shape index (κ3) is 9.42. The number of carbonyl (C=O) groups excluding carboxylic acids is 2. The Morgan fingerprint density at radius 3 is 2.17 bits per heavy atom. The summed E-state index contributed by atoms with van der Waals surface area (Å²) < 4.78 is 31.5. The average Bonchev–Trinajstić information content (AvgIpc) is 3.40. The maximum absolute atomic E-state index is 12.6. The molecular formula is C31H47ClN4O5S. The van der Waals surface area contributed by atoms with Gasteiger partial charge in [-0.05, 0) is 81.7 Å². The number of aryl methyl sites for hydroxylation is 2. The molecule has 3 rings (SSSR count). The van der Waals surface area contributed by atoms with E-state index in [1.807, 2.05) is 19.1 Å². The van der Waals surface area contributed by atoms with Crippen LogP contribution in [0.2, 0.25) is 5.02 Å². The fourth-order valence-corrected chi connectivity index (χ4v) is 6.70. The second kappa shape index (κ2) is 15.7. The maximum atomic E-state index is 12.6. The second-order valence-corrected chi connectivity index (χ2v) is 13.5. The van der Waals surface area contributed by atoms with Crippen molar-refractivity contribution in [1.29, 1.82) is 0 Å². The van der Waals surface area contributed by atoms with Crippen LogP contribution in [0.15, 0.2) is 35.2 Å². The summed E-state index contributed by atoms with van der Waals surface area (Å²) in [6, 6.07) is 10.1. The van der Waals surface area contributed by atoms with Gasteiger partial charge in [0.05, 0.1) is 18.6 Å². The minimum Gasteiger partial charge on any atom is -0.497 e. The van der Waals surface area contributed by atoms with Crippen LogP contribution >= 0.6 is 11.6 Å². The van der Waals surface area contributed by atoms with E-state index in [4.69, 9.17) is 16.3 Å². The Morgan fingerprint density at radius 2 is 1.69 bits per heavy atom. The number of ketones is 1. The van der Waals surface area contributed by atoms with Gasteiger partial charge in [-0.3, -0.25) is 9.59 Å². The molecule has 0 radical (unpaired) electrons. The topological polar surface area (TPSA) is 90.5 Å². The van der Waals surface area contributed by atoms with Gasteiger partial charge in [-0.2, -0.15) is 4.31 Å². The summed E-state index contributed by atoms with van der Waals surface area (Å²) in [6.07, 6.45) is 2.28. The lowest BCUT2D eigenvalue weighted by molar-refractivity contribution is -0.128. The van der Waals surface area contributed by atoms with Crippen molar-refractivity contribution in [3.05, 3.63) is 52.0 Å². The van der Waals surface area contributed by atoms with E-state index >= 15 is 0 Å². The normalized spacial score (nSPS) is 15.0. The van der Waals surface area contributed by atoms with Gasteiger partial charge >= 0.3 is 0 Å². The number of anilines is 1. The van der Waals surface area contributed by atoms with Crippen molar-refractivity contribution in [2.75, 3.05) is 59.8 Å². The first kappa shape index (κ1) is 35.5. The lowest BCUT2D eigenvalue weighted by Crippen LogP contribution is -2.33. The van der Waals surface area contributed by atoms with Crippen LogP contribution in [0.1, 0.15) is 49.8 Å². The monoisotopic (exact) mass is 622 g/mol. The summed E-state index contributed by atoms with van der Waals surface area (Å²) in [5, 5.41) is 0.730. The highest BCUT2D eigenvalue weighted by molar-refractivity contribution is 7.89. The Morgan fingerprint density at radius 1 is 1.07 bits per heavy atom. The predicted molar refractivity (Wildman–Crippen MR) is 170 cm³/mol. The molecule has 1 aliphatic heterocycles. The van der Waals surface area contributed by atoms with Crippen LogP contribution in [-0.2, 0) is 26.2 Å². The van der Waals surface area contributed by atoms with Crippen LogP contribution in [0.3, 0.4) is 0 Å². The maximum Gasteiger partial charge on any atom is 0.243 e. The van der Waals surface area contributed by atoms with E-state index in [2.05, 4.69) is 30.0 Å². The van der Waals surface area contributed by atoms with Gasteiger partial charge in [0.1, 0.15) is 11.5 Å². The number of Topliss-reactive ketones (excluding diaryl/α,β-unsaturated/α-hetero) is 1. The summed E-state index contributed by atoms with van der Waals surface area (Å²) in [4.78, 5) is 29.5. The van der Waals surface area contributed by atoms with Crippen LogP contribution in [0.4, 0.5) is 5.69 Å². The summed E-state index contributed by atoms with van der Waals surface area (Å²) >= 11 is 6.38. The van der Waals surface area contributed by atoms with E-state index in [1.165, 1.54) is 26.3 Å². The Bertz CT molecular complexity index is 1330. The number of carbonyl (C=O) groups is 2. The molecule has 0 spiro atoms. The number of rotatable bonds is 11. The number of sulfonamides is 1. The molecule has 0 N–H and O–H groups in total. The molecule has 1 aliphatic rings. The molecule has 234 valence electrons. The predicted octanol–water partition coefficient (Wildman–Crippen LogP) is 4.76. The third-order valence-electron chi connectivity index (χ3n) is 7.51. The first-order valence-electron chi connectivity index (χ1n) is 14.2. The van der Waals surface area contributed by atoms with Gasteiger partial charge in [-0.25, -0.2) is 8.42 Å². The molecule has 11 heteroatoms. The van der Waals surface area contributed by atoms with E-state index in [0.29, 0.717) is 42.3 Å². The number of amides is 1. The van der Waals surface area contributed by atoms with Crippen molar-refractivity contribution in [2.24, 2.45) is 0 Å². The molecule has 2 aromatic rings. The number of nitrogens with zero attached hydrogens (tertiary/aromatic N) is 4. The van der Waals surface area contributed by atoms with Gasteiger partial charge in [-0.15, -0.1) is 0 Å². The average molecular weight is 623 g/mol. The number of methoxy groups -OCH3 is 1. The molecule has 0 bridgehead atoms. The highest BCUT2D eigenvalue weighted by Gasteiger charge is 2.27. The fraction of sp³-hybridized carbons (Fsp3) is 0.548. The number of benzene rings is 2. The van der Waals surface area contributed by atoms with Crippen molar-refractivity contribution in [3.8, 4) is 5.75 Å². The van der Waals surface area contributed by atoms with E-state index in [9.17, 15) is 18.0 Å². The number of hydrogen-bond acceptors (Lipinski definition) is 7. The molecule has 0 aromatic heterocycles. The van der Waals surface area contributed by atoms with Gasteiger partial charge in [-0.1, -0.05) is 24.6 Å². The molecule has 1 heterocycles. The molecule has 2 aromatic carbocycles. The van der Waals surface area contributed by atoms with Crippen LogP contribution < -0.4 is 9.64 Å². The standard InChI is InChI=1S/C16H24ClN3O.C15H23NO4S/c1-12(21)19(4)10-13-5-6-14(9-16(13)17)20-8-7-15(11-20)18(2)3;1-6-7-13(17)10-16(4)21(18,19)15-11(2)8-14(20-5)9-12(15)3/h5-6,9,15H,7-8,10-11H2,1-4H3;8-9H,6-7,10H2,1-5H3. The first-order valence-corrected chi connectivity index (χ1v) is 16.0. The van der Waals surface area contributed by atoms with Gasteiger partial charge in [0, 0.05) is 63.8 Å². The number of halogens is 1. The highest BCUT2D eigenvalue weighted by atomic mass is 35.5. The van der Waals surface area contributed by atoms with Crippen molar-refractivity contribution < 1.29 is 22.7 Å². The number of hydrogen-bond donors (Lipinski definition) is 0. The van der Waals surface area contributed by atoms with E-state index < -0.39 is 10.0 Å². The second-order valence-electron chi connectivity index (χ2n) is 11.1. The molecule has 1 fully saturated rings. The molecule has 1 amide bonds. The van der Waals surface area contributed by atoms with Gasteiger partial charge < -0.3 is 19.4 Å². The Labute approximate surface area is 257 Å². The first-order chi connectivity index (χ1) is 19.6. The lowest BCUT2D eigenvalue weighted by Gasteiger charge is -2.23. The van der Waals surface area contributed by atoms with Crippen LogP contribution in [0.25, 0.3) is 0 Å². The summed E-state index contributed by atoms with van der Waals surface area (Å²) in [5.74, 6) is 0.588. The molecule has 0 aliphatic carbocycles. The Kier molecular flexibility index (Phi) is 13.3. The molecule has 0 saturated carbocycles. The molecule has 1 saturated heterocycles. The zero-order chi connectivity index (χ0) is 31.8. The van der Waals surface area contributed by atoms with Crippen LogP contribution in [-0.4, -0.2) is 95.2 Å². The van der Waals surface area contributed by atoms with E-state index in [0.717, 1.165) is 28.0 Å². The fourth-order valence-electron chi connectivity index (χ4n) is 4.91. The van der Waals surface area contributed by atoms with E-state index in [1.54, 1.807) is 44.9 Å². The van der Waals surface area contributed by atoms with Gasteiger partial charge in [0.15, 0.2) is 0 Å². The highest BCUT2D eigenvalue weighted by Crippen LogP contribution is 2.29.